The minimum absolute atomic E-state index is 0.0393. The highest BCUT2D eigenvalue weighted by molar-refractivity contribution is 5.90. The first-order valence-corrected chi connectivity index (χ1v) is 7.38. The fourth-order valence-electron chi connectivity index (χ4n) is 2.34. The van der Waals surface area contributed by atoms with Crippen molar-refractivity contribution in [2.75, 3.05) is 11.9 Å². The van der Waals surface area contributed by atoms with Gasteiger partial charge in [-0.2, -0.15) is 0 Å². The summed E-state index contributed by atoms with van der Waals surface area (Å²) < 4.78 is 7.05. The van der Waals surface area contributed by atoms with Crippen LogP contribution in [0.2, 0.25) is 0 Å². The van der Waals surface area contributed by atoms with Gasteiger partial charge in [0.1, 0.15) is 0 Å². The van der Waals surface area contributed by atoms with Gasteiger partial charge < -0.3 is 9.32 Å². The average molecular weight is 314 g/mol. The summed E-state index contributed by atoms with van der Waals surface area (Å²) >= 11 is 0. The largest absolute Gasteiger partial charge is 0.436 e. The molecular weight excluding hydrogens is 292 g/mol. The van der Waals surface area contributed by atoms with E-state index in [1.807, 2.05) is 45.0 Å². The van der Waals surface area contributed by atoms with Crippen molar-refractivity contribution in [2.24, 2.45) is 0 Å². The van der Waals surface area contributed by atoms with Gasteiger partial charge in [0.15, 0.2) is 11.0 Å². The molecule has 0 fully saturated rings. The van der Waals surface area contributed by atoms with Gasteiger partial charge >= 0.3 is 0 Å². The molecule has 0 N–H and O–H groups in total. The van der Waals surface area contributed by atoms with E-state index in [2.05, 4.69) is 6.58 Å². The number of nitrogens with zero attached hydrogens (tertiary/aromatic N) is 2. The molecule has 23 heavy (non-hydrogen) atoms. The minimum atomic E-state index is -0.391. The third-order valence-electron chi connectivity index (χ3n) is 3.61. The van der Waals surface area contributed by atoms with Gasteiger partial charge in [0.05, 0.1) is 0 Å². The topological polar surface area (TPSA) is 55.5 Å². The molecule has 1 heterocycles. The van der Waals surface area contributed by atoms with E-state index in [1.165, 1.54) is 11.5 Å². The normalized spacial score (nSPS) is 12.5. The van der Waals surface area contributed by atoms with E-state index in [4.69, 9.17) is 4.42 Å². The number of amides is 1. The molecule has 0 saturated heterocycles. The Kier molecular flexibility index (Phi) is 4.32. The maximum Gasteiger partial charge on any atom is 0.296 e. The first-order chi connectivity index (χ1) is 10.6. The fraction of sp³-hybridized carbons (Fsp3) is 0.333. The molecule has 0 spiro atoms. The monoisotopic (exact) mass is 314 g/mol. The molecule has 0 aliphatic heterocycles. The third kappa shape index (κ3) is 3.44. The molecule has 0 atom stereocenters. The van der Waals surface area contributed by atoms with E-state index in [1.54, 1.807) is 18.0 Å². The lowest BCUT2D eigenvalue weighted by molar-refractivity contribution is -0.116. The predicted octanol–water partition coefficient (Wildman–Crippen LogP) is 1.42. The Balaban J connectivity index is 2.47. The molecule has 2 aromatic rings. The molecule has 5 heteroatoms. The quantitative estimate of drug-likeness (QED) is 0.842. The Hall–Kier alpha value is -2.56. The first-order valence-electron chi connectivity index (χ1n) is 7.38. The van der Waals surface area contributed by atoms with Gasteiger partial charge in [0.25, 0.3) is 5.56 Å². The zero-order valence-electron chi connectivity index (χ0n) is 14.2. The van der Waals surface area contributed by atoms with Gasteiger partial charge in [0.2, 0.25) is 5.91 Å². The second-order valence-electron chi connectivity index (χ2n) is 6.49. The lowest BCUT2D eigenvalue weighted by Gasteiger charge is -2.18. The number of anilines is 1. The van der Waals surface area contributed by atoms with Crippen molar-refractivity contribution in [2.45, 2.75) is 33.2 Å². The van der Waals surface area contributed by atoms with Crippen molar-refractivity contribution in [3.05, 3.63) is 51.1 Å². The molecule has 0 aliphatic rings. The second kappa shape index (κ2) is 5.91. The van der Waals surface area contributed by atoms with Crippen LogP contribution < -0.4 is 21.4 Å². The van der Waals surface area contributed by atoms with E-state index < -0.39 is 5.54 Å². The zero-order valence-corrected chi connectivity index (χ0v) is 14.2. The van der Waals surface area contributed by atoms with Gasteiger partial charge in [-0.25, -0.2) is 0 Å². The van der Waals surface area contributed by atoms with Crippen LogP contribution in [-0.4, -0.2) is 17.5 Å². The van der Waals surface area contributed by atoms with Gasteiger partial charge in [0, 0.05) is 25.2 Å². The first kappa shape index (κ1) is 16.8. The Morgan fingerprint density at radius 1 is 1.26 bits per heavy atom. The van der Waals surface area contributed by atoms with Crippen LogP contribution >= 0.6 is 0 Å². The average Bonchev–Trinajstić information content (AvgIpc) is 2.73. The Bertz CT molecular complexity index is 880. The summed E-state index contributed by atoms with van der Waals surface area (Å²) in [7, 11) is 1.71. The lowest BCUT2D eigenvalue weighted by atomic mass is 10.1. The summed E-state index contributed by atoms with van der Waals surface area (Å²) in [4.78, 5) is 25.4. The molecule has 0 aliphatic carbocycles. The number of hydrogen-bond acceptors (Lipinski definition) is 3. The van der Waals surface area contributed by atoms with Crippen LogP contribution in [0.25, 0.3) is 12.7 Å². The van der Waals surface area contributed by atoms with Gasteiger partial charge in [-0.1, -0.05) is 12.1 Å². The van der Waals surface area contributed by atoms with Crippen molar-refractivity contribution in [1.29, 1.82) is 0 Å². The summed E-state index contributed by atoms with van der Waals surface area (Å²) in [5.41, 5.74) is 1.60. The fourth-order valence-corrected chi connectivity index (χ4v) is 2.34. The van der Waals surface area contributed by atoms with Crippen LogP contribution in [-0.2, 0) is 10.3 Å². The number of hydrogen-bond donors (Lipinski definition) is 0. The van der Waals surface area contributed by atoms with Crippen LogP contribution in [0.3, 0.4) is 0 Å². The highest BCUT2D eigenvalue weighted by Crippen LogP contribution is 2.14. The molecule has 0 radical (unpaired) electrons. The molecule has 0 saturated carbocycles. The van der Waals surface area contributed by atoms with Crippen molar-refractivity contribution < 1.29 is 9.21 Å². The maximum absolute atomic E-state index is 12.5. The number of carbonyl (C=O) groups excluding carboxylic acids is 1. The summed E-state index contributed by atoms with van der Waals surface area (Å²) in [6.07, 6.45) is 1.68. The SMILES string of the molecule is C=c1o/c(=C/c2ccc(N(C)C(C)=O)cc2)c(=O)n1C(C)(C)C. The highest BCUT2D eigenvalue weighted by Gasteiger charge is 2.18. The summed E-state index contributed by atoms with van der Waals surface area (Å²) in [5.74, 6) is -0.0393. The predicted molar refractivity (Wildman–Crippen MR) is 91.8 cm³/mol. The highest BCUT2D eigenvalue weighted by atomic mass is 16.4. The standard InChI is InChI=1S/C18H22N2O3/c1-12(21)19(6)15-9-7-14(8-10-15)11-16-17(22)20(13(2)23-16)18(3,4)5/h7-11H,2H2,1,3-6H3/b16-11+. The third-order valence-corrected chi connectivity index (χ3v) is 3.61. The van der Waals surface area contributed by atoms with Gasteiger partial charge in [-0.15, -0.1) is 0 Å². The molecule has 2 rings (SSSR count). The molecule has 0 bridgehead atoms. The van der Waals surface area contributed by atoms with Crippen molar-refractivity contribution in [1.82, 2.24) is 4.57 Å². The second-order valence-corrected chi connectivity index (χ2v) is 6.49. The summed E-state index contributed by atoms with van der Waals surface area (Å²) in [6, 6.07) is 7.31. The van der Waals surface area contributed by atoms with E-state index >= 15 is 0 Å². The minimum Gasteiger partial charge on any atom is -0.436 e. The van der Waals surface area contributed by atoms with Gasteiger partial charge in [-0.3, -0.25) is 14.2 Å². The molecule has 5 nitrogen and oxygen atoms in total. The number of benzene rings is 1. The number of aromatic nitrogens is 1. The van der Waals surface area contributed by atoms with Crippen LogP contribution in [0.1, 0.15) is 33.3 Å². The Morgan fingerprint density at radius 2 is 1.83 bits per heavy atom. The van der Waals surface area contributed by atoms with Crippen LogP contribution in [0.5, 0.6) is 0 Å². The smallest absolute Gasteiger partial charge is 0.296 e. The van der Waals surface area contributed by atoms with E-state index in [9.17, 15) is 9.59 Å². The number of carbonyl (C=O) groups is 1. The maximum atomic E-state index is 12.5. The zero-order chi connectivity index (χ0) is 17.4. The summed E-state index contributed by atoms with van der Waals surface area (Å²) in [5, 5.41) is 0. The van der Waals surface area contributed by atoms with Crippen LogP contribution in [0.15, 0.2) is 33.5 Å². The molecule has 1 aromatic carbocycles. The van der Waals surface area contributed by atoms with E-state index in [-0.39, 0.29) is 16.9 Å². The molecule has 1 amide bonds. The van der Waals surface area contributed by atoms with Crippen molar-refractivity contribution in [3.63, 3.8) is 0 Å². The molecule has 122 valence electrons. The van der Waals surface area contributed by atoms with Crippen molar-refractivity contribution in [3.8, 4) is 0 Å². The van der Waals surface area contributed by atoms with Crippen molar-refractivity contribution >= 4 is 24.2 Å². The van der Waals surface area contributed by atoms with E-state index in [0.29, 0.717) is 5.55 Å². The number of rotatable bonds is 2. The molecule has 0 unspecified atom stereocenters. The van der Waals surface area contributed by atoms with Crippen LogP contribution in [0.4, 0.5) is 5.69 Å². The Morgan fingerprint density at radius 3 is 2.26 bits per heavy atom. The molecule has 1 aromatic heterocycles. The lowest BCUT2D eigenvalue weighted by Crippen LogP contribution is -2.41. The molecular formula is C18H22N2O3. The van der Waals surface area contributed by atoms with Gasteiger partial charge in [-0.05, 0) is 51.1 Å². The Labute approximate surface area is 135 Å². The van der Waals surface area contributed by atoms with E-state index in [0.717, 1.165) is 11.3 Å². The summed E-state index contributed by atoms with van der Waals surface area (Å²) in [6.45, 7) is 11.1. The number of oxazole rings is 1. The van der Waals surface area contributed by atoms with Crippen LogP contribution in [0, 0.1) is 0 Å².